The molecule has 2 aromatic rings. The summed E-state index contributed by atoms with van der Waals surface area (Å²) >= 11 is 0. The van der Waals surface area contributed by atoms with Crippen LogP contribution in [0.15, 0.2) is 48.5 Å². The van der Waals surface area contributed by atoms with Crippen LogP contribution in [-0.2, 0) is 4.79 Å². The van der Waals surface area contributed by atoms with Gasteiger partial charge >= 0.3 is 0 Å². The van der Waals surface area contributed by atoms with Gasteiger partial charge in [0.15, 0.2) is 5.78 Å². The molecule has 0 spiro atoms. The number of carbonyl (C=O) groups excluding carboxylic acids is 2. The number of benzene rings is 2. The van der Waals surface area contributed by atoms with Gasteiger partial charge in [-0.2, -0.15) is 0 Å². The van der Waals surface area contributed by atoms with Crippen molar-refractivity contribution in [1.82, 2.24) is 0 Å². The van der Waals surface area contributed by atoms with E-state index in [9.17, 15) is 9.59 Å². The maximum Gasteiger partial charge on any atom is 0.170 e. The van der Waals surface area contributed by atoms with Gasteiger partial charge < -0.3 is 0 Å². The highest BCUT2D eigenvalue weighted by molar-refractivity contribution is 6.08. The number of Topliss-reactive ketones (excluding diaryl/α,β-unsaturated/α-hetero) is 2. The normalized spacial score (nSPS) is 10.4. The summed E-state index contributed by atoms with van der Waals surface area (Å²) in [6.07, 6.45) is 1.28. The van der Waals surface area contributed by atoms with E-state index in [0.717, 1.165) is 17.5 Å². The molecule has 0 aromatic heterocycles. The van der Waals surface area contributed by atoms with Gasteiger partial charge in [0.25, 0.3) is 0 Å². The highest BCUT2D eigenvalue weighted by Gasteiger charge is 2.11. The Labute approximate surface area is 125 Å². The summed E-state index contributed by atoms with van der Waals surface area (Å²) in [5, 5.41) is 0. The van der Waals surface area contributed by atoms with Gasteiger partial charge in [0.2, 0.25) is 0 Å². The lowest BCUT2D eigenvalue weighted by molar-refractivity contribution is -0.118. The van der Waals surface area contributed by atoms with Crippen LogP contribution in [0, 0.1) is 6.92 Å². The third kappa shape index (κ3) is 4.12. The fourth-order valence-corrected chi connectivity index (χ4v) is 2.24. The minimum absolute atomic E-state index is 0.0116. The van der Waals surface area contributed by atoms with Crippen LogP contribution in [0.25, 0.3) is 11.1 Å². The van der Waals surface area contributed by atoms with E-state index in [0.29, 0.717) is 12.0 Å². The SMILES string of the molecule is CCCC(=O)CC(=O)c1ccc(-c2ccc(C)cc2)cc1. The Hall–Kier alpha value is -2.22. The van der Waals surface area contributed by atoms with Crippen LogP contribution in [-0.4, -0.2) is 11.6 Å². The van der Waals surface area contributed by atoms with Crippen molar-refractivity contribution in [1.29, 1.82) is 0 Å². The summed E-state index contributed by atoms with van der Waals surface area (Å²) in [7, 11) is 0. The number of hydrogen-bond donors (Lipinski definition) is 0. The molecule has 2 rings (SSSR count). The van der Waals surface area contributed by atoms with Crippen molar-refractivity contribution in [3.8, 4) is 11.1 Å². The first kappa shape index (κ1) is 15.2. The Kier molecular flexibility index (Phi) is 5.04. The smallest absolute Gasteiger partial charge is 0.170 e. The minimum Gasteiger partial charge on any atom is -0.299 e. The molecule has 0 amide bonds. The molecule has 0 atom stereocenters. The van der Waals surface area contributed by atoms with Crippen LogP contribution in [0.2, 0.25) is 0 Å². The molecule has 0 radical (unpaired) electrons. The molecule has 0 aliphatic heterocycles. The molecule has 0 N–H and O–H groups in total. The molecule has 0 aliphatic rings. The molecule has 2 heteroatoms. The van der Waals surface area contributed by atoms with Gasteiger partial charge in [-0.1, -0.05) is 61.0 Å². The van der Waals surface area contributed by atoms with E-state index in [4.69, 9.17) is 0 Å². The first-order chi connectivity index (χ1) is 10.1. The van der Waals surface area contributed by atoms with Gasteiger partial charge in [0.1, 0.15) is 5.78 Å². The van der Waals surface area contributed by atoms with Crippen LogP contribution in [0.3, 0.4) is 0 Å². The number of ketones is 2. The largest absolute Gasteiger partial charge is 0.299 e. The van der Waals surface area contributed by atoms with Gasteiger partial charge in [-0.25, -0.2) is 0 Å². The Morgan fingerprint density at radius 2 is 1.38 bits per heavy atom. The molecule has 0 bridgehead atoms. The fourth-order valence-electron chi connectivity index (χ4n) is 2.24. The van der Waals surface area contributed by atoms with Gasteiger partial charge in [-0.3, -0.25) is 9.59 Å². The molecule has 2 aromatic carbocycles. The molecule has 21 heavy (non-hydrogen) atoms. The fraction of sp³-hybridized carbons (Fsp3) is 0.263. The van der Waals surface area contributed by atoms with Crippen LogP contribution in [0.1, 0.15) is 42.1 Å². The maximum atomic E-state index is 12.0. The lowest BCUT2D eigenvalue weighted by Gasteiger charge is -2.04. The molecule has 0 fully saturated rings. The van der Waals surface area contributed by atoms with Crippen LogP contribution in [0.5, 0.6) is 0 Å². The first-order valence-electron chi connectivity index (χ1n) is 7.32. The topological polar surface area (TPSA) is 34.1 Å². The lowest BCUT2D eigenvalue weighted by atomic mass is 9.99. The molecule has 108 valence electrons. The second-order valence-electron chi connectivity index (χ2n) is 5.33. The maximum absolute atomic E-state index is 12.0. The molecule has 0 aliphatic carbocycles. The van der Waals surface area contributed by atoms with Crippen molar-refractivity contribution >= 4 is 11.6 Å². The Morgan fingerprint density at radius 3 is 1.90 bits per heavy atom. The van der Waals surface area contributed by atoms with Crippen molar-refractivity contribution in [3.05, 3.63) is 59.7 Å². The van der Waals surface area contributed by atoms with Crippen molar-refractivity contribution in [3.63, 3.8) is 0 Å². The quantitative estimate of drug-likeness (QED) is 0.572. The van der Waals surface area contributed by atoms with E-state index >= 15 is 0 Å². The zero-order chi connectivity index (χ0) is 15.2. The van der Waals surface area contributed by atoms with Gasteiger partial charge in [0, 0.05) is 12.0 Å². The number of aryl methyl sites for hydroxylation is 1. The molecule has 0 unspecified atom stereocenters. The molecule has 0 heterocycles. The Bertz CT molecular complexity index is 622. The third-order valence-corrected chi connectivity index (χ3v) is 3.48. The summed E-state index contributed by atoms with van der Waals surface area (Å²) in [5.41, 5.74) is 4.03. The minimum atomic E-state index is -0.0936. The average Bonchev–Trinajstić information content (AvgIpc) is 2.48. The Morgan fingerprint density at radius 1 is 0.857 bits per heavy atom. The molecular weight excluding hydrogens is 260 g/mol. The number of carbonyl (C=O) groups is 2. The lowest BCUT2D eigenvalue weighted by Crippen LogP contribution is -2.07. The predicted molar refractivity (Wildman–Crippen MR) is 85.5 cm³/mol. The molecule has 2 nitrogen and oxygen atoms in total. The van der Waals surface area contributed by atoms with Crippen molar-refractivity contribution in [2.75, 3.05) is 0 Å². The predicted octanol–water partition coefficient (Wildman–Crippen LogP) is 4.60. The second-order valence-corrected chi connectivity index (χ2v) is 5.33. The second kappa shape index (κ2) is 6.98. The summed E-state index contributed by atoms with van der Waals surface area (Å²) in [5.74, 6) is -0.0750. The van der Waals surface area contributed by atoms with E-state index in [1.54, 1.807) is 12.1 Å². The van der Waals surface area contributed by atoms with Gasteiger partial charge in [0.05, 0.1) is 6.42 Å². The third-order valence-electron chi connectivity index (χ3n) is 3.48. The number of rotatable bonds is 6. The van der Waals surface area contributed by atoms with E-state index in [-0.39, 0.29) is 18.0 Å². The highest BCUT2D eigenvalue weighted by Crippen LogP contribution is 2.20. The van der Waals surface area contributed by atoms with Gasteiger partial charge in [-0.05, 0) is 24.5 Å². The van der Waals surface area contributed by atoms with E-state index in [2.05, 4.69) is 31.2 Å². The first-order valence-corrected chi connectivity index (χ1v) is 7.32. The average molecular weight is 280 g/mol. The van der Waals surface area contributed by atoms with Crippen molar-refractivity contribution in [2.24, 2.45) is 0 Å². The standard InChI is InChI=1S/C19H20O2/c1-3-4-18(20)13-19(21)17-11-9-16(10-12-17)15-7-5-14(2)6-8-15/h5-12H,3-4,13H2,1-2H3. The van der Waals surface area contributed by atoms with Crippen LogP contribution in [0.4, 0.5) is 0 Å². The summed E-state index contributed by atoms with van der Waals surface area (Å²) in [4.78, 5) is 23.5. The van der Waals surface area contributed by atoms with Crippen LogP contribution < -0.4 is 0 Å². The van der Waals surface area contributed by atoms with Crippen molar-refractivity contribution in [2.45, 2.75) is 33.1 Å². The molecule has 0 saturated carbocycles. The van der Waals surface area contributed by atoms with E-state index < -0.39 is 0 Å². The molecule has 0 saturated heterocycles. The molecular formula is C19H20O2. The number of hydrogen-bond acceptors (Lipinski definition) is 2. The van der Waals surface area contributed by atoms with Crippen molar-refractivity contribution < 1.29 is 9.59 Å². The summed E-state index contributed by atoms with van der Waals surface area (Å²) in [6.45, 7) is 4.00. The summed E-state index contributed by atoms with van der Waals surface area (Å²) < 4.78 is 0. The Balaban J connectivity index is 2.10. The van der Waals surface area contributed by atoms with E-state index in [1.807, 2.05) is 19.1 Å². The van der Waals surface area contributed by atoms with Gasteiger partial charge in [-0.15, -0.1) is 0 Å². The summed E-state index contributed by atoms with van der Waals surface area (Å²) in [6, 6.07) is 15.7. The van der Waals surface area contributed by atoms with E-state index in [1.165, 1.54) is 5.56 Å². The zero-order valence-corrected chi connectivity index (χ0v) is 12.6. The zero-order valence-electron chi connectivity index (χ0n) is 12.6. The monoisotopic (exact) mass is 280 g/mol. The van der Waals surface area contributed by atoms with Crippen LogP contribution >= 0.6 is 0 Å². The highest BCUT2D eigenvalue weighted by atomic mass is 16.1.